The highest BCUT2D eigenvalue weighted by Gasteiger charge is 2.22. The maximum Gasteiger partial charge on any atom is 0.146 e. The third-order valence-corrected chi connectivity index (χ3v) is 5.16. The lowest BCUT2D eigenvalue weighted by atomic mass is 10.1. The summed E-state index contributed by atoms with van der Waals surface area (Å²) >= 11 is 0. The van der Waals surface area contributed by atoms with Crippen LogP contribution < -0.4 is 4.90 Å². The van der Waals surface area contributed by atoms with E-state index in [1.54, 1.807) is 6.20 Å². The van der Waals surface area contributed by atoms with Crippen molar-refractivity contribution in [3.8, 4) is 22.6 Å². The number of hydrogen-bond acceptors (Lipinski definition) is 5. The topological polar surface area (TPSA) is 76.3 Å². The van der Waals surface area contributed by atoms with Crippen LogP contribution in [0.2, 0.25) is 0 Å². The van der Waals surface area contributed by atoms with Gasteiger partial charge in [0, 0.05) is 43.8 Å². The van der Waals surface area contributed by atoms with Crippen LogP contribution in [0, 0.1) is 0 Å². The number of morpholine rings is 1. The zero-order valence-electron chi connectivity index (χ0n) is 15.3. The summed E-state index contributed by atoms with van der Waals surface area (Å²) < 4.78 is 9.64. The van der Waals surface area contributed by atoms with Crippen molar-refractivity contribution in [1.29, 1.82) is 0 Å². The lowest BCUT2D eigenvalue weighted by molar-refractivity contribution is 0.0989. The molecule has 8 nitrogen and oxygen atoms in total. The number of ether oxygens (including phenoxy) is 1. The maximum absolute atomic E-state index is 5.62. The highest BCUT2D eigenvalue weighted by molar-refractivity contribution is 5.81. The first-order valence-corrected chi connectivity index (χ1v) is 9.06. The van der Waals surface area contributed by atoms with Crippen molar-refractivity contribution in [2.24, 2.45) is 7.05 Å². The van der Waals surface area contributed by atoms with Gasteiger partial charge in [-0.05, 0) is 25.1 Å². The standard InChI is InChI=1S/C19H21N7O/c1-13-12-27-8-7-25(13)14-9-15(17-4-6-22-24(17)2)19-20-10-18(26(19)11-14)16-3-5-21-23-16/h3-6,9-11,13H,7-8,12H2,1-2H3,(H,21,23)/t13-/m1/s1. The summed E-state index contributed by atoms with van der Waals surface area (Å²) in [6.07, 6.45) is 7.61. The van der Waals surface area contributed by atoms with Crippen LogP contribution in [0.4, 0.5) is 5.69 Å². The van der Waals surface area contributed by atoms with Crippen LogP contribution in [0.3, 0.4) is 0 Å². The summed E-state index contributed by atoms with van der Waals surface area (Å²) in [6.45, 7) is 4.53. The van der Waals surface area contributed by atoms with E-state index in [-0.39, 0.29) is 0 Å². The summed E-state index contributed by atoms with van der Waals surface area (Å²) in [6, 6.07) is 6.50. The third kappa shape index (κ3) is 2.60. The molecular formula is C19H21N7O. The first kappa shape index (κ1) is 16.1. The zero-order chi connectivity index (χ0) is 18.4. The minimum absolute atomic E-state index is 0.315. The Labute approximate surface area is 156 Å². The minimum Gasteiger partial charge on any atom is -0.377 e. The van der Waals surface area contributed by atoms with Crippen LogP contribution in [0.15, 0.2) is 43.0 Å². The highest BCUT2D eigenvalue weighted by atomic mass is 16.5. The molecule has 1 fully saturated rings. The van der Waals surface area contributed by atoms with E-state index in [0.29, 0.717) is 6.04 Å². The van der Waals surface area contributed by atoms with Crippen LogP contribution in [0.1, 0.15) is 6.92 Å². The Kier molecular flexibility index (Phi) is 3.71. The number of aromatic nitrogens is 6. The van der Waals surface area contributed by atoms with E-state index in [2.05, 4.69) is 43.8 Å². The average molecular weight is 363 g/mol. The molecule has 8 heteroatoms. The SMILES string of the molecule is C[C@@H]1COCCN1c1cc(-c2ccnn2C)c2ncc(-c3ccn[nH]3)n2c1. The molecule has 0 bridgehead atoms. The molecule has 1 N–H and O–H groups in total. The van der Waals surface area contributed by atoms with Crippen molar-refractivity contribution in [2.75, 3.05) is 24.7 Å². The number of aryl methyl sites for hydroxylation is 1. The number of hydrogen-bond donors (Lipinski definition) is 1. The van der Waals surface area contributed by atoms with Crippen molar-refractivity contribution in [2.45, 2.75) is 13.0 Å². The molecule has 1 aliphatic heterocycles. The van der Waals surface area contributed by atoms with Crippen LogP contribution in [0.25, 0.3) is 28.3 Å². The summed E-state index contributed by atoms with van der Waals surface area (Å²) in [5, 5.41) is 11.5. The number of anilines is 1. The lowest BCUT2D eigenvalue weighted by Gasteiger charge is -2.35. The highest BCUT2D eigenvalue weighted by Crippen LogP contribution is 2.32. The van der Waals surface area contributed by atoms with Gasteiger partial charge in [0.25, 0.3) is 0 Å². The molecule has 0 aromatic carbocycles. The zero-order valence-corrected chi connectivity index (χ0v) is 15.3. The molecule has 27 heavy (non-hydrogen) atoms. The van der Waals surface area contributed by atoms with Gasteiger partial charge in [-0.2, -0.15) is 10.2 Å². The predicted molar refractivity (Wildman–Crippen MR) is 103 cm³/mol. The van der Waals surface area contributed by atoms with Crippen molar-refractivity contribution in [1.82, 2.24) is 29.4 Å². The van der Waals surface area contributed by atoms with Crippen LogP contribution >= 0.6 is 0 Å². The number of pyridine rings is 1. The molecule has 4 aromatic heterocycles. The normalized spacial score (nSPS) is 17.7. The maximum atomic E-state index is 5.62. The molecule has 0 spiro atoms. The van der Waals surface area contributed by atoms with Gasteiger partial charge in [-0.25, -0.2) is 4.98 Å². The number of aromatic amines is 1. The van der Waals surface area contributed by atoms with Crippen LogP contribution in [-0.4, -0.2) is 55.2 Å². The predicted octanol–water partition coefficient (Wildman–Crippen LogP) is 2.35. The average Bonchev–Trinajstić information content (AvgIpc) is 3.41. The van der Waals surface area contributed by atoms with Gasteiger partial charge in [-0.3, -0.25) is 14.2 Å². The molecule has 1 saturated heterocycles. The monoisotopic (exact) mass is 363 g/mol. The van der Waals surface area contributed by atoms with Gasteiger partial charge in [-0.15, -0.1) is 0 Å². The molecule has 0 saturated carbocycles. The van der Waals surface area contributed by atoms with E-state index in [0.717, 1.165) is 53.7 Å². The van der Waals surface area contributed by atoms with Crippen molar-refractivity contribution >= 4 is 11.3 Å². The van der Waals surface area contributed by atoms with Crippen molar-refractivity contribution < 1.29 is 4.74 Å². The molecule has 0 unspecified atom stereocenters. The van der Waals surface area contributed by atoms with Gasteiger partial charge in [0.15, 0.2) is 0 Å². The van der Waals surface area contributed by atoms with E-state index in [1.807, 2.05) is 36.3 Å². The molecule has 5 heterocycles. The van der Waals surface area contributed by atoms with Gasteiger partial charge in [-0.1, -0.05) is 0 Å². The van der Waals surface area contributed by atoms with E-state index in [1.165, 1.54) is 0 Å². The second-order valence-corrected chi connectivity index (χ2v) is 6.88. The number of nitrogens with zero attached hydrogens (tertiary/aromatic N) is 6. The van der Waals surface area contributed by atoms with Gasteiger partial charge < -0.3 is 9.64 Å². The molecule has 1 atom stereocenters. The van der Waals surface area contributed by atoms with E-state index < -0.39 is 0 Å². The van der Waals surface area contributed by atoms with Gasteiger partial charge in [0.2, 0.25) is 0 Å². The summed E-state index contributed by atoms with van der Waals surface area (Å²) in [7, 11) is 1.95. The molecule has 138 valence electrons. The number of nitrogens with one attached hydrogen (secondary N) is 1. The smallest absolute Gasteiger partial charge is 0.146 e. The molecule has 1 aliphatic rings. The Balaban J connectivity index is 1.76. The fourth-order valence-electron chi connectivity index (χ4n) is 3.76. The molecule has 5 rings (SSSR count). The van der Waals surface area contributed by atoms with Gasteiger partial charge in [0.1, 0.15) is 5.65 Å². The van der Waals surface area contributed by atoms with E-state index >= 15 is 0 Å². The molecule has 0 amide bonds. The number of H-pyrrole nitrogens is 1. The fraction of sp³-hybridized carbons (Fsp3) is 0.316. The van der Waals surface area contributed by atoms with Gasteiger partial charge >= 0.3 is 0 Å². The Morgan fingerprint density at radius 1 is 1.22 bits per heavy atom. The second kappa shape index (κ2) is 6.24. The van der Waals surface area contributed by atoms with Gasteiger partial charge in [0.05, 0.1) is 42.2 Å². The first-order chi connectivity index (χ1) is 13.2. The molecule has 4 aromatic rings. The second-order valence-electron chi connectivity index (χ2n) is 6.88. The summed E-state index contributed by atoms with van der Waals surface area (Å²) in [5.74, 6) is 0. The minimum atomic E-state index is 0.315. The fourth-order valence-corrected chi connectivity index (χ4v) is 3.76. The van der Waals surface area contributed by atoms with E-state index in [9.17, 15) is 0 Å². The molecule has 0 radical (unpaired) electrons. The van der Waals surface area contributed by atoms with Crippen molar-refractivity contribution in [3.05, 3.63) is 43.0 Å². The third-order valence-electron chi connectivity index (χ3n) is 5.16. The van der Waals surface area contributed by atoms with Crippen LogP contribution in [-0.2, 0) is 11.8 Å². The summed E-state index contributed by atoms with van der Waals surface area (Å²) in [4.78, 5) is 7.10. The number of fused-ring (bicyclic) bond motifs is 1. The Morgan fingerprint density at radius 2 is 2.15 bits per heavy atom. The number of rotatable bonds is 3. The van der Waals surface area contributed by atoms with Crippen LogP contribution in [0.5, 0.6) is 0 Å². The molecule has 0 aliphatic carbocycles. The lowest BCUT2D eigenvalue weighted by Crippen LogP contribution is -2.43. The number of imidazole rings is 1. The van der Waals surface area contributed by atoms with E-state index in [4.69, 9.17) is 9.72 Å². The van der Waals surface area contributed by atoms with Crippen molar-refractivity contribution in [3.63, 3.8) is 0 Å². The Morgan fingerprint density at radius 3 is 2.89 bits per heavy atom. The largest absolute Gasteiger partial charge is 0.377 e. The first-order valence-electron chi connectivity index (χ1n) is 9.06. The Hall–Kier alpha value is -3.13. The molecular weight excluding hydrogens is 342 g/mol. The Bertz CT molecular complexity index is 1080. The quantitative estimate of drug-likeness (QED) is 0.605. The summed E-state index contributed by atoms with van der Waals surface area (Å²) in [5.41, 5.74) is 6.04.